The molecule has 1 aliphatic rings. The van der Waals surface area contributed by atoms with E-state index in [4.69, 9.17) is 14.2 Å². The van der Waals surface area contributed by atoms with Gasteiger partial charge in [-0.1, -0.05) is 12.1 Å². The second kappa shape index (κ2) is 8.39. The number of nitrogens with zero attached hydrogens (tertiary/aromatic N) is 2. The van der Waals surface area contributed by atoms with Crippen molar-refractivity contribution in [2.24, 2.45) is 0 Å². The Balaban J connectivity index is 1.63. The first-order valence-electron chi connectivity index (χ1n) is 9.58. The summed E-state index contributed by atoms with van der Waals surface area (Å²) < 4.78 is 17.3. The molecule has 2 aromatic carbocycles. The van der Waals surface area contributed by atoms with Gasteiger partial charge in [-0.2, -0.15) is 5.10 Å². The van der Waals surface area contributed by atoms with Gasteiger partial charge in [-0.05, 0) is 29.8 Å². The second-order valence-corrected chi connectivity index (χ2v) is 6.90. The number of ether oxygens (including phenoxy) is 3. The SMILES string of the molecule is COc1ccc(-c2cnn3c2NC(=O)C[C@@H]3C(=O)Nc2ccc(OC)cc2OC)cc1. The molecule has 3 aromatic rings. The minimum atomic E-state index is -0.803. The predicted molar refractivity (Wildman–Crippen MR) is 115 cm³/mol. The molecule has 0 bridgehead atoms. The van der Waals surface area contributed by atoms with Crippen LogP contribution in [0.1, 0.15) is 12.5 Å². The molecule has 31 heavy (non-hydrogen) atoms. The van der Waals surface area contributed by atoms with Gasteiger partial charge in [0.2, 0.25) is 11.8 Å². The lowest BCUT2D eigenvalue weighted by molar-refractivity contribution is -0.125. The predicted octanol–water partition coefficient (Wildman–Crippen LogP) is 3.10. The average Bonchev–Trinajstić information content (AvgIpc) is 3.22. The van der Waals surface area contributed by atoms with E-state index in [1.54, 1.807) is 38.6 Å². The van der Waals surface area contributed by atoms with Crippen LogP contribution in [0.2, 0.25) is 0 Å². The highest BCUT2D eigenvalue weighted by Crippen LogP contribution is 2.36. The number of aromatic nitrogens is 2. The van der Waals surface area contributed by atoms with Gasteiger partial charge in [0.1, 0.15) is 29.1 Å². The molecular weight excluding hydrogens is 400 g/mol. The molecule has 0 aliphatic carbocycles. The van der Waals surface area contributed by atoms with E-state index in [1.165, 1.54) is 11.8 Å². The van der Waals surface area contributed by atoms with Gasteiger partial charge >= 0.3 is 0 Å². The fourth-order valence-corrected chi connectivity index (χ4v) is 3.47. The Morgan fingerprint density at radius 2 is 1.77 bits per heavy atom. The van der Waals surface area contributed by atoms with Crippen molar-refractivity contribution in [1.82, 2.24) is 9.78 Å². The van der Waals surface area contributed by atoms with Crippen molar-refractivity contribution in [3.63, 3.8) is 0 Å². The summed E-state index contributed by atoms with van der Waals surface area (Å²) in [7, 11) is 4.65. The van der Waals surface area contributed by atoms with Crippen LogP contribution in [0, 0.1) is 0 Å². The maximum Gasteiger partial charge on any atom is 0.249 e. The smallest absolute Gasteiger partial charge is 0.249 e. The second-order valence-electron chi connectivity index (χ2n) is 6.90. The molecule has 2 N–H and O–H groups in total. The third kappa shape index (κ3) is 3.89. The zero-order valence-corrected chi connectivity index (χ0v) is 17.3. The first-order chi connectivity index (χ1) is 15.0. The normalized spacial score (nSPS) is 14.9. The van der Waals surface area contributed by atoms with E-state index in [1.807, 2.05) is 24.3 Å². The van der Waals surface area contributed by atoms with E-state index in [0.29, 0.717) is 23.0 Å². The number of carbonyl (C=O) groups is 2. The van der Waals surface area contributed by atoms with Crippen LogP contribution in [-0.2, 0) is 9.59 Å². The zero-order valence-electron chi connectivity index (χ0n) is 17.3. The lowest BCUT2D eigenvalue weighted by atomic mass is 10.1. The quantitative estimate of drug-likeness (QED) is 0.633. The summed E-state index contributed by atoms with van der Waals surface area (Å²) in [6.45, 7) is 0. The van der Waals surface area contributed by atoms with Crippen LogP contribution in [0.25, 0.3) is 11.1 Å². The van der Waals surface area contributed by atoms with Crippen molar-refractivity contribution in [3.05, 3.63) is 48.7 Å². The van der Waals surface area contributed by atoms with Gasteiger partial charge in [-0.3, -0.25) is 9.59 Å². The van der Waals surface area contributed by atoms with Crippen LogP contribution in [-0.4, -0.2) is 42.9 Å². The highest BCUT2D eigenvalue weighted by Gasteiger charge is 2.33. The molecule has 160 valence electrons. The molecule has 0 saturated carbocycles. The number of anilines is 2. The van der Waals surface area contributed by atoms with Gasteiger partial charge in [-0.15, -0.1) is 0 Å². The first kappa shape index (κ1) is 20.3. The van der Waals surface area contributed by atoms with Crippen molar-refractivity contribution < 1.29 is 23.8 Å². The highest BCUT2D eigenvalue weighted by molar-refractivity contribution is 6.03. The molecule has 1 aromatic heterocycles. The van der Waals surface area contributed by atoms with Crippen LogP contribution in [0.3, 0.4) is 0 Å². The number of hydrogen-bond donors (Lipinski definition) is 2. The van der Waals surface area contributed by atoms with Crippen molar-refractivity contribution in [2.45, 2.75) is 12.5 Å². The fourth-order valence-electron chi connectivity index (χ4n) is 3.47. The first-order valence-corrected chi connectivity index (χ1v) is 9.58. The minimum Gasteiger partial charge on any atom is -0.497 e. The summed E-state index contributed by atoms with van der Waals surface area (Å²) in [5, 5.41) is 10.0. The maximum atomic E-state index is 13.1. The molecule has 9 nitrogen and oxygen atoms in total. The molecule has 4 rings (SSSR count). The van der Waals surface area contributed by atoms with Crippen LogP contribution in [0.15, 0.2) is 48.7 Å². The molecule has 0 spiro atoms. The Kier molecular flexibility index (Phi) is 5.48. The van der Waals surface area contributed by atoms with Gasteiger partial charge in [0.25, 0.3) is 0 Å². The average molecular weight is 422 g/mol. The lowest BCUT2D eigenvalue weighted by Gasteiger charge is -2.25. The number of amides is 2. The Morgan fingerprint density at radius 1 is 1.06 bits per heavy atom. The number of benzene rings is 2. The Morgan fingerprint density at radius 3 is 2.45 bits per heavy atom. The van der Waals surface area contributed by atoms with Crippen LogP contribution < -0.4 is 24.8 Å². The molecule has 0 radical (unpaired) electrons. The van der Waals surface area contributed by atoms with Crippen molar-refractivity contribution in [1.29, 1.82) is 0 Å². The van der Waals surface area contributed by atoms with Gasteiger partial charge in [-0.25, -0.2) is 4.68 Å². The highest BCUT2D eigenvalue weighted by atomic mass is 16.5. The minimum absolute atomic E-state index is 0.0267. The Hall–Kier alpha value is -4.01. The van der Waals surface area contributed by atoms with E-state index in [0.717, 1.165) is 16.9 Å². The summed E-state index contributed by atoms with van der Waals surface area (Å²) in [6, 6.07) is 11.7. The fraction of sp³-hybridized carbons (Fsp3) is 0.227. The number of hydrogen-bond acceptors (Lipinski definition) is 6. The number of fused-ring (bicyclic) bond motifs is 1. The molecule has 1 atom stereocenters. The number of carbonyl (C=O) groups excluding carboxylic acids is 2. The van der Waals surface area contributed by atoms with E-state index >= 15 is 0 Å². The van der Waals surface area contributed by atoms with Crippen LogP contribution >= 0.6 is 0 Å². The van der Waals surface area contributed by atoms with Crippen LogP contribution in [0.4, 0.5) is 11.5 Å². The summed E-state index contributed by atoms with van der Waals surface area (Å²) >= 11 is 0. The van der Waals surface area contributed by atoms with Crippen molar-refractivity contribution in [2.75, 3.05) is 32.0 Å². The van der Waals surface area contributed by atoms with Crippen molar-refractivity contribution >= 4 is 23.3 Å². The molecule has 0 unspecified atom stereocenters. The molecule has 1 aliphatic heterocycles. The third-order valence-electron chi connectivity index (χ3n) is 5.10. The number of nitrogens with one attached hydrogen (secondary N) is 2. The number of rotatable bonds is 6. The molecule has 2 heterocycles. The molecular formula is C22H22N4O5. The largest absolute Gasteiger partial charge is 0.497 e. The molecule has 0 saturated heterocycles. The zero-order chi connectivity index (χ0) is 22.0. The molecule has 9 heteroatoms. The van der Waals surface area contributed by atoms with Crippen molar-refractivity contribution in [3.8, 4) is 28.4 Å². The summed E-state index contributed by atoms with van der Waals surface area (Å²) in [5.74, 6) is 1.62. The van der Waals surface area contributed by atoms with Gasteiger partial charge < -0.3 is 24.8 Å². The van der Waals surface area contributed by atoms with Gasteiger partial charge in [0.15, 0.2) is 0 Å². The van der Waals surface area contributed by atoms with Crippen LogP contribution in [0.5, 0.6) is 17.2 Å². The van der Waals surface area contributed by atoms with Gasteiger partial charge in [0, 0.05) is 11.6 Å². The van der Waals surface area contributed by atoms with E-state index in [-0.39, 0.29) is 18.2 Å². The van der Waals surface area contributed by atoms with Gasteiger partial charge in [0.05, 0.1) is 39.6 Å². The van der Waals surface area contributed by atoms with E-state index in [9.17, 15) is 9.59 Å². The standard InChI is InChI=1S/C22H22N4O5/c1-29-14-6-4-13(5-7-14)16-12-23-26-18(11-20(27)25-21(16)26)22(28)24-17-9-8-15(30-2)10-19(17)31-3/h4-10,12,18H,11H2,1-3H3,(H,24,28)(H,25,27)/t18-/m1/s1. The summed E-state index contributed by atoms with van der Waals surface area (Å²) in [4.78, 5) is 25.5. The third-order valence-corrected chi connectivity index (χ3v) is 5.10. The Labute approximate surface area is 178 Å². The van der Waals surface area contributed by atoms with E-state index < -0.39 is 6.04 Å². The lowest BCUT2D eigenvalue weighted by Crippen LogP contribution is -2.35. The monoisotopic (exact) mass is 422 g/mol. The summed E-state index contributed by atoms with van der Waals surface area (Å²) in [6.07, 6.45) is 1.61. The summed E-state index contributed by atoms with van der Waals surface area (Å²) in [5.41, 5.74) is 2.04. The Bertz CT molecular complexity index is 1120. The number of methoxy groups -OCH3 is 3. The molecule has 0 fully saturated rings. The maximum absolute atomic E-state index is 13.1. The van der Waals surface area contributed by atoms with E-state index in [2.05, 4.69) is 15.7 Å². The molecule has 2 amide bonds. The topological polar surface area (TPSA) is 104 Å².